The van der Waals surface area contributed by atoms with Crippen molar-refractivity contribution in [3.8, 4) is 5.75 Å². The predicted molar refractivity (Wildman–Crippen MR) is 52.2 cm³/mol. The molecule has 13 heavy (non-hydrogen) atoms. The summed E-state index contributed by atoms with van der Waals surface area (Å²) in [5.41, 5.74) is 1.00. The van der Waals surface area contributed by atoms with Gasteiger partial charge in [0.05, 0.1) is 7.11 Å². The highest BCUT2D eigenvalue weighted by molar-refractivity contribution is 5.52. The first-order valence-electron chi connectivity index (χ1n) is 4.18. The molecular weight excluding hydrogens is 166 g/mol. The van der Waals surface area contributed by atoms with E-state index < -0.39 is 0 Å². The standard InChI is InChI=1S/C10H13NO2/c1-13-10-5-3-9(4-6-10)11-7-2-8-12/h3-6,8,11H,2,7H2,1H3. The number of methoxy groups -OCH3 is 1. The van der Waals surface area contributed by atoms with Gasteiger partial charge in [-0.3, -0.25) is 0 Å². The van der Waals surface area contributed by atoms with E-state index in [1.807, 2.05) is 24.3 Å². The first kappa shape index (κ1) is 9.58. The van der Waals surface area contributed by atoms with Gasteiger partial charge in [0.2, 0.25) is 0 Å². The Morgan fingerprint density at radius 2 is 2.08 bits per heavy atom. The topological polar surface area (TPSA) is 38.3 Å². The van der Waals surface area contributed by atoms with Crippen LogP contribution in [0.15, 0.2) is 24.3 Å². The lowest BCUT2D eigenvalue weighted by Gasteiger charge is -2.04. The first-order chi connectivity index (χ1) is 6.36. The van der Waals surface area contributed by atoms with Crippen LogP contribution in [-0.4, -0.2) is 19.9 Å². The van der Waals surface area contributed by atoms with E-state index in [2.05, 4.69) is 5.32 Å². The van der Waals surface area contributed by atoms with E-state index in [-0.39, 0.29) is 0 Å². The Labute approximate surface area is 77.7 Å². The van der Waals surface area contributed by atoms with Crippen molar-refractivity contribution in [3.63, 3.8) is 0 Å². The zero-order valence-corrected chi connectivity index (χ0v) is 7.62. The molecule has 0 aliphatic heterocycles. The highest BCUT2D eigenvalue weighted by Crippen LogP contribution is 2.14. The van der Waals surface area contributed by atoms with Gasteiger partial charge in [0, 0.05) is 18.7 Å². The average Bonchev–Trinajstić information content (AvgIpc) is 2.19. The molecule has 0 spiro atoms. The highest BCUT2D eigenvalue weighted by Gasteiger charge is 1.92. The Bertz CT molecular complexity index is 256. The van der Waals surface area contributed by atoms with Crippen molar-refractivity contribution in [3.05, 3.63) is 24.3 Å². The maximum Gasteiger partial charge on any atom is 0.121 e. The lowest BCUT2D eigenvalue weighted by Crippen LogP contribution is -2.01. The van der Waals surface area contributed by atoms with Crippen LogP contribution in [0.5, 0.6) is 5.75 Å². The van der Waals surface area contributed by atoms with Gasteiger partial charge in [0.25, 0.3) is 0 Å². The predicted octanol–water partition coefficient (Wildman–Crippen LogP) is 1.70. The fraction of sp³-hybridized carbons (Fsp3) is 0.300. The number of anilines is 1. The van der Waals surface area contributed by atoms with Gasteiger partial charge < -0.3 is 14.8 Å². The molecule has 1 aromatic rings. The number of benzene rings is 1. The van der Waals surface area contributed by atoms with Gasteiger partial charge >= 0.3 is 0 Å². The number of carbonyl (C=O) groups excluding carboxylic acids is 1. The molecule has 3 heteroatoms. The number of rotatable bonds is 5. The van der Waals surface area contributed by atoms with Crippen molar-refractivity contribution in [1.82, 2.24) is 0 Å². The molecule has 0 heterocycles. The van der Waals surface area contributed by atoms with Crippen LogP contribution in [-0.2, 0) is 4.79 Å². The summed E-state index contributed by atoms with van der Waals surface area (Å²) in [5.74, 6) is 0.834. The van der Waals surface area contributed by atoms with E-state index in [4.69, 9.17) is 4.74 Å². The van der Waals surface area contributed by atoms with Crippen LogP contribution in [0, 0.1) is 0 Å². The third-order valence-electron chi connectivity index (χ3n) is 1.68. The second kappa shape index (κ2) is 5.19. The Morgan fingerprint density at radius 3 is 2.62 bits per heavy atom. The number of carbonyl (C=O) groups is 1. The summed E-state index contributed by atoms with van der Waals surface area (Å²) in [6.45, 7) is 0.676. The molecule has 0 saturated carbocycles. The minimum atomic E-state index is 0.534. The molecule has 0 atom stereocenters. The molecule has 1 rings (SSSR count). The monoisotopic (exact) mass is 179 g/mol. The van der Waals surface area contributed by atoms with Gasteiger partial charge in [-0.1, -0.05) is 0 Å². The minimum Gasteiger partial charge on any atom is -0.497 e. The number of hydrogen-bond acceptors (Lipinski definition) is 3. The van der Waals surface area contributed by atoms with Crippen LogP contribution in [0.25, 0.3) is 0 Å². The summed E-state index contributed by atoms with van der Waals surface area (Å²) < 4.78 is 5.01. The summed E-state index contributed by atoms with van der Waals surface area (Å²) in [7, 11) is 1.63. The Morgan fingerprint density at radius 1 is 1.38 bits per heavy atom. The summed E-state index contributed by atoms with van der Waals surface area (Å²) in [4.78, 5) is 10.0. The molecule has 0 aliphatic rings. The third kappa shape index (κ3) is 3.15. The SMILES string of the molecule is COc1ccc(NCCC=O)cc1. The van der Waals surface area contributed by atoms with Gasteiger partial charge in [-0.2, -0.15) is 0 Å². The molecule has 0 radical (unpaired) electrons. The summed E-state index contributed by atoms with van der Waals surface area (Å²) in [6, 6.07) is 7.60. The second-order valence-corrected chi connectivity index (χ2v) is 2.61. The van der Waals surface area contributed by atoms with Crippen LogP contribution in [0.2, 0.25) is 0 Å². The number of nitrogens with one attached hydrogen (secondary N) is 1. The fourth-order valence-electron chi connectivity index (χ4n) is 0.984. The van der Waals surface area contributed by atoms with E-state index >= 15 is 0 Å². The molecule has 1 N–H and O–H groups in total. The molecule has 0 unspecified atom stereocenters. The van der Waals surface area contributed by atoms with Gasteiger partial charge in [0.1, 0.15) is 12.0 Å². The van der Waals surface area contributed by atoms with Gasteiger partial charge in [-0.15, -0.1) is 0 Å². The van der Waals surface area contributed by atoms with Crippen molar-refractivity contribution < 1.29 is 9.53 Å². The summed E-state index contributed by atoms with van der Waals surface area (Å²) in [5, 5.41) is 3.11. The molecule has 0 bridgehead atoms. The van der Waals surface area contributed by atoms with Crippen LogP contribution in [0.1, 0.15) is 6.42 Å². The Hall–Kier alpha value is -1.51. The molecule has 3 nitrogen and oxygen atoms in total. The quantitative estimate of drug-likeness (QED) is 0.552. The molecule has 0 saturated heterocycles. The van der Waals surface area contributed by atoms with E-state index in [9.17, 15) is 4.79 Å². The fourth-order valence-corrected chi connectivity index (χ4v) is 0.984. The van der Waals surface area contributed by atoms with Gasteiger partial charge in [-0.25, -0.2) is 0 Å². The minimum absolute atomic E-state index is 0.534. The normalized spacial score (nSPS) is 9.31. The lowest BCUT2D eigenvalue weighted by molar-refractivity contribution is -0.107. The molecule has 1 aromatic carbocycles. The first-order valence-corrected chi connectivity index (χ1v) is 4.18. The van der Waals surface area contributed by atoms with Crippen LogP contribution in [0.3, 0.4) is 0 Å². The third-order valence-corrected chi connectivity index (χ3v) is 1.68. The van der Waals surface area contributed by atoms with Crippen molar-refractivity contribution >= 4 is 12.0 Å². The van der Waals surface area contributed by atoms with Crippen LogP contribution in [0.4, 0.5) is 5.69 Å². The Kier molecular flexibility index (Phi) is 3.82. The maximum absolute atomic E-state index is 10.0. The number of hydrogen-bond donors (Lipinski definition) is 1. The van der Waals surface area contributed by atoms with Crippen LogP contribution >= 0.6 is 0 Å². The zero-order valence-electron chi connectivity index (χ0n) is 7.62. The van der Waals surface area contributed by atoms with E-state index in [1.165, 1.54) is 0 Å². The largest absolute Gasteiger partial charge is 0.497 e. The molecular formula is C10H13NO2. The average molecular weight is 179 g/mol. The number of ether oxygens (including phenoxy) is 1. The summed E-state index contributed by atoms with van der Waals surface area (Å²) >= 11 is 0. The Balaban J connectivity index is 2.44. The van der Waals surface area contributed by atoms with E-state index in [0.717, 1.165) is 17.7 Å². The number of aldehydes is 1. The molecule has 0 amide bonds. The van der Waals surface area contributed by atoms with Crippen LogP contribution < -0.4 is 10.1 Å². The van der Waals surface area contributed by atoms with Gasteiger partial charge in [0.15, 0.2) is 0 Å². The van der Waals surface area contributed by atoms with Crippen molar-refractivity contribution in [2.75, 3.05) is 19.0 Å². The zero-order chi connectivity index (χ0) is 9.52. The van der Waals surface area contributed by atoms with Crippen molar-refractivity contribution in [1.29, 1.82) is 0 Å². The smallest absolute Gasteiger partial charge is 0.121 e. The van der Waals surface area contributed by atoms with Crippen molar-refractivity contribution in [2.24, 2.45) is 0 Å². The molecule has 70 valence electrons. The van der Waals surface area contributed by atoms with E-state index in [1.54, 1.807) is 7.11 Å². The van der Waals surface area contributed by atoms with E-state index in [0.29, 0.717) is 13.0 Å². The molecule has 0 aromatic heterocycles. The lowest BCUT2D eigenvalue weighted by atomic mass is 10.3. The highest BCUT2D eigenvalue weighted by atomic mass is 16.5. The van der Waals surface area contributed by atoms with Crippen molar-refractivity contribution in [2.45, 2.75) is 6.42 Å². The maximum atomic E-state index is 10.0. The van der Waals surface area contributed by atoms with Gasteiger partial charge in [-0.05, 0) is 24.3 Å². The molecule has 0 aliphatic carbocycles. The summed E-state index contributed by atoms with van der Waals surface area (Å²) in [6.07, 6.45) is 1.43. The second-order valence-electron chi connectivity index (χ2n) is 2.61. The molecule has 0 fully saturated rings.